The summed E-state index contributed by atoms with van der Waals surface area (Å²) in [5, 5.41) is 12.0. The van der Waals surface area contributed by atoms with Gasteiger partial charge in [0.25, 0.3) is 5.91 Å². The molecule has 0 saturated heterocycles. The lowest BCUT2D eigenvalue weighted by molar-refractivity contribution is 0.0932. The number of carbonyl (C=O) groups excluding carboxylic acids is 1. The number of rotatable bonds is 6. The molecule has 1 amide bonds. The van der Waals surface area contributed by atoms with Crippen LogP contribution in [0.2, 0.25) is 5.02 Å². The predicted octanol–water partition coefficient (Wildman–Crippen LogP) is 3.11. The molecule has 1 aromatic carbocycles. The highest BCUT2D eigenvalue weighted by Crippen LogP contribution is 2.23. The first-order valence-electron chi connectivity index (χ1n) is 8.16. The van der Waals surface area contributed by atoms with E-state index in [9.17, 15) is 4.79 Å². The summed E-state index contributed by atoms with van der Waals surface area (Å²) in [4.78, 5) is 12.4. The van der Waals surface area contributed by atoms with Crippen LogP contribution >= 0.6 is 11.6 Å². The van der Waals surface area contributed by atoms with Crippen molar-refractivity contribution in [1.82, 2.24) is 24.9 Å². The highest BCUT2D eigenvalue weighted by molar-refractivity contribution is 6.32. The van der Waals surface area contributed by atoms with Gasteiger partial charge in [-0.1, -0.05) is 23.7 Å². The molecular weight excluding hydrogens is 354 g/mol. The zero-order chi connectivity index (χ0) is 18.7. The average molecular weight is 374 g/mol. The molecular formula is C18H20ClN5O2. The van der Waals surface area contributed by atoms with Crippen molar-refractivity contribution < 1.29 is 9.53 Å². The quantitative estimate of drug-likeness (QED) is 0.720. The van der Waals surface area contributed by atoms with E-state index in [2.05, 4.69) is 15.5 Å². The Labute approximate surface area is 156 Å². The molecule has 1 atom stereocenters. The number of nitrogens with one attached hydrogen (secondary N) is 1. The molecule has 0 aliphatic heterocycles. The number of halogens is 1. The lowest BCUT2D eigenvalue weighted by Gasteiger charge is -2.12. The topological polar surface area (TPSA) is 74.0 Å². The van der Waals surface area contributed by atoms with Crippen molar-refractivity contribution in [2.75, 3.05) is 0 Å². The van der Waals surface area contributed by atoms with E-state index in [4.69, 9.17) is 16.3 Å². The molecule has 1 unspecified atom stereocenters. The molecule has 26 heavy (non-hydrogen) atoms. The van der Waals surface area contributed by atoms with Crippen LogP contribution in [0.25, 0.3) is 0 Å². The molecule has 0 aliphatic carbocycles. The molecule has 0 bridgehead atoms. The Morgan fingerprint density at radius 1 is 1.31 bits per heavy atom. The largest absolute Gasteiger partial charge is 0.470 e. The number of aryl methyl sites for hydroxylation is 2. The van der Waals surface area contributed by atoms with Crippen LogP contribution in [-0.2, 0) is 13.8 Å². The number of carbonyl (C=O) groups is 1. The summed E-state index contributed by atoms with van der Waals surface area (Å²) >= 11 is 6.05. The highest BCUT2D eigenvalue weighted by Gasteiger charge is 2.17. The first kappa shape index (κ1) is 18.0. The van der Waals surface area contributed by atoms with Crippen molar-refractivity contribution in [3.63, 3.8) is 0 Å². The maximum Gasteiger partial charge on any atom is 0.272 e. The molecule has 0 radical (unpaired) electrons. The summed E-state index contributed by atoms with van der Waals surface area (Å²) in [6.07, 6.45) is 3.59. The Hall–Kier alpha value is -2.80. The van der Waals surface area contributed by atoms with Crippen LogP contribution in [0.5, 0.6) is 5.75 Å². The minimum absolute atomic E-state index is 0.161. The molecule has 2 aromatic heterocycles. The Morgan fingerprint density at radius 2 is 2.08 bits per heavy atom. The van der Waals surface area contributed by atoms with Crippen molar-refractivity contribution in [1.29, 1.82) is 0 Å². The number of benzene rings is 1. The molecule has 136 valence electrons. The molecule has 1 N–H and O–H groups in total. The standard InChI is InChI=1S/C18H20ClN5O2/c1-12(14-10-23(3)21-13(14)2)20-18(25)16-8-9-24(22-16)11-26-17-7-5-4-6-15(17)19/h4-10,12H,11H2,1-3H3,(H,20,25). The van der Waals surface area contributed by atoms with E-state index in [0.29, 0.717) is 16.5 Å². The Bertz CT molecular complexity index is 918. The van der Waals surface area contributed by atoms with Gasteiger partial charge in [-0.05, 0) is 32.0 Å². The zero-order valence-electron chi connectivity index (χ0n) is 14.8. The third-order valence-electron chi connectivity index (χ3n) is 3.93. The lowest BCUT2D eigenvalue weighted by Crippen LogP contribution is -2.27. The zero-order valence-corrected chi connectivity index (χ0v) is 15.6. The number of para-hydroxylation sites is 1. The van der Waals surface area contributed by atoms with Gasteiger partial charge in [0.1, 0.15) is 11.4 Å². The van der Waals surface area contributed by atoms with Gasteiger partial charge in [0.2, 0.25) is 0 Å². The summed E-state index contributed by atoms with van der Waals surface area (Å²) in [6, 6.07) is 8.68. The fourth-order valence-electron chi connectivity index (χ4n) is 2.64. The second kappa shape index (κ2) is 7.61. The van der Waals surface area contributed by atoms with Crippen LogP contribution in [-0.4, -0.2) is 25.5 Å². The van der Waals surface area contributed by atoms with Crippen molar-refractivity contribution >= 4 is 17.5 Å². The summed E-state index contributed by atoms with van der Waals surface area (Å²) in [6.45, 7) is 3.99. The molecule has 0 saturated carbocycles. The van der Waals surface area contributed by atoms with Crippen LogP contribution in [0.1, 0.15) is 34.7 Å². The second-order valence-corrected chi connectivity index (χ2v) is 6.39. The minimum Gasteiger partial charge on any atom is -0.470 e. The maximum absolute atomic E-state index is 12.4. The van der Waals surface area contributed by atoms with Crippen LogP contribution in [0.4, 0.5) is 0 Å². The molecule has 7 nitrogen and oxygen atoms in total. The summed E-state index contributed by atoms with van der Waals surface area (Å²) in [5.41, 5.74) is 2.18. The van der Waals surface area contributed by atoms with Gasteiger partial charge < -0.3 is 10.1 Å². The van der Waals surface area contributed by atoms with Crippen LogP contribution in [0, 0.1) is 6.92 Å². The van der Waals surface area contributed by atoms with E-state index in [1.807, 2.05) is 39.2 Å². The van der Waals surface area contributed by atoms with E-state index in [1.165, 1.54) is 4.68 Å². The number of nitrogens with zero attached hydrogens (tertiary/aromatic N) is 4. The normalized spacial score (nSPS) is 12.0. The smallest absolute Gasteiger partial charge is 0.272 e. The fourth-order valence-corrected chi connectivity index (χ4v) is 2.83. The van der Waals surface area contributed by atoms with Crippen molar-refractivity contribution in [2.24, 2.45) is 7.05 Å². The number of aromatic nitrogens is 4. The molecule has 8 heteroatoms. The third kappa shape index (κ3) is 4.05. The number of amides is 1. The van der Waals surface area contributed by atoms with Crippen molar-refractivity contribution in [3.05, 3.63) is 64.7 Å². The first-order valence-corrected chi connectivity index (χ1v) is 8.53. The molecule has 3 rings (SSSR count). The van der Waals surface area contributed by atoms with Gasteiger partial charge in [-0.25, -0.2) is 4.68 Å². The van der Waals surface area contributed by atoms with Crippen molar-refractivity contribution in [3.8, 4) is 5.75 Å². The molecule has 2 heterocycles. The average Bonchev–Trinajstić information content (AvgIpc) is 3.20. The van der Waals surface area contributed by atoms with Gasteiger partial charge in [0.15, 0.2) is 6.73 Å². The van der Waals surface area contributed by atoms with Crippen LogP contribution in [0.15, 0.2) is 42.7 Å². The molecule has 0 spiro atoms. The van der Waals surface area contributed by atoms with E-state index in [0.717, 1.165) is 11.3 Å². The summed E-state index contributed by atoms with van der Waals surface area (Å²) in [7, 11) is 1.85. The van der Waals surface area contributed by atoms with E-state index < -0.39 is 0 Å². The number of ether oxygens (including phenoxy) is 1. The van der Waals surface area contributed by atoms with Crippen molar-refractivity contribution in [2.45, 2.75) is 26.6 Å². The number of hydrogen-bond acceptors (Lipinski definition) is 4. The van der Waals surface area contributed by atoms with Crippen LogP contribution in [0.3, 0.4) is 0 Å². The minimum atomic E-state index is -0.253. The van der Waals surface area contributed by atoms with Gasteiger partial charge in [-0.3, -0.25) is 9.48 Å². The lowest BCUT2D eigenvalue weighted by atomic mass is 10.1. The van der Waals surface area contributed by atoms with Gasteiger partial charge in [-0.2, -0.15) is 10.2 Å². The van der Waals surface area contributed by atoms with E-state index >= 15 is 0 Å². The first-order chi connectivity index (χ1) is 12.4. The van der Waals surface area contributed by atoms with Gasteiger partial charge in [0.05, 0.1) is 16.8 Å². The summed E-state index contributed by atoms with van der Waals surface area (Å²) < 4.78 is 8.88. The Morgan fingerprint density at radius 3 is 2.77 bits per heavy atom. The predicted molar refractivity (Wildman–Crippen MR) is 98.1 cm³/mol. The monoisotopic (exact) mass is 373 g/mol. The highest BCUT2D eigenvalue weighted by atomic mass is 35.5. The van der Waals surface area contributed by atoms with Gasteiger partial charge >= 0.3 is 0 Å². The maximum atomic E-state index is 12.4. The molecule has 0 aliphatic rings. The molecule has 3 aromatic rings. The summed E-state index contributed by atoms with van der Waals surface area (Å²) in [5.74, 6) is 0.314. The Kier molecular flexibility index (Phi) is 5.27. The third-order valence-corrected chi connectivity index (χ3v) is 4.24. The van der Waals surface area contributed by atoms with E-state index in [1.54, 1.807) is 29.1 Å². The van der Waals surface area contributed by atoms with Crippen LogP contribution < -0.4 is 10.1 Å². The fraction of sp³-hybridized carbons (Fsp3) is 0.278. The van der Waals surface area contributed by atoms with E-state index in [-0.39, 0.29) is 18.7 Å². The van der Waals surface area contributed by atoms with Gasteiger partial charge in [-0.15, -0.1) is 0 Å². The Balaban J connectivity index is 1.61. The molecule has 0 fully saturated rings. The second-order valence-electron chi connectivity index (χ2n) is 5.98. The number of hydrogen-bond donors (Lipinski definition) is 1. The van der Waals surface area contributed by atoms with Gasteiger partial charge in [0, 0.05) is 25.0 Å². The SMILES string of the molecule is Cc1nn(C)cc1C(C)NC(=O)c1ccn(COc2ccccc2Cl)n1.